The Bertz CT molecular complexity index is 946. The number of para-hydroxylation sites is 1. The fourth-order valence-corrected chi connectivity index (χ4v) is 3.66. The number of anilines is 2. The molecule has 0 radical (unpaired) electrons. The van der Waals surface area contributed by atoms with Crippen LogP contribution in [0, 0.1) is 13.8 Å². The van der Waals surface area contributed by atoms with Gasteiger partial charge in [0.25, 0.3) is 0 Å². The zero-order valence-electron chi connectivity index (χ0n) is 15.4. The van der Waals surface area contributed by atoms with E-state index in [1.807, 2.05) is 50.2 Å². The average Bonchev–Trinajstić information content (AvgIpc) is 3.08. The van der Waals surface area contributed by atoms with Gasteiger partial charge in [0.2, 0.25) is 5.91 Å². The van der Waals surface area contributed by atoms with E-state index in [-0.39, 0.29) is 18.5 Å². The van der Waals surface area contributed by atoms with Crippen LogP contribution in [0.15, 0.2) is 53.9 Å². The van der Waals surface area contributed by atoms with E-state index in [2.05, 4.69) is 4.98 Å². The molecule has 0 saturated heterocycles. The highest BCUT2D eigenvalue weighted by Crippen LogP contribution is 2.29. The molecule has 3 aromatic rings. The molecule has 0 aliphatic heterocycles. The number of nitrogens with zero attached hydrogens (tertiary/aromatic N) is 2. The van der Waals surface area contributed by atoms with E-state index >= 15 is 0 Å². The first-order valence-electron chi connectivity index (χ1n) is 8.49. The molecule has 0 saturated carbocycles. The van der Waals surface area contributed by atoms with Gasteiger partial charge in [-0.25, -0.2) is 9.78 Å². The summed E-state index contributed by atoms with van der Waals surface area (Å²) in [6, 6.07) is 14.9. The smallest absolute Gasteiger partial charge is 0.338 e. The Kier molecular flexibility index (Phi) is 5.66. The van der Waals surface area contributed by atoms with E-state index in [0.29, 0.717) is 16.4 Å². The highest BCUT2D eigenvalue weighted by atomic mass is 32.1. The van der Waals surface area contributed by atoms with Crippen LogP contribution in [0.1, 0.15) is 34.1 Å². The van der Waals surface area contributed by atoms with Crippen LogP contribution in [-0.4, -0.2) is 16.9 Å². The maximum absolute atomic E-state index is 12.3. The summed E-state index contributed by atoms with van der Waals surface area (Å²) in [5, 5.41) is 2.34. The number of ether oxygens (including phenoxy) is 1. The van der Waals surface area contributed by atoms with Crippen LogP contribution in [0.25, 0.3) is 0 Å². The lowest BCUT2D eigenvalue weighted by molar-refractivity contribution is -0.115. The Morgan fingerprint density at radius 3 is 2.37 bits per heavy atom. The molecule has 1 heterocycles. The summed E-state index contributed by atoms with van der Waals surface area (Å²) in [6.07, 6.45) is 0. The van der Waals surface area contributed by atoms with Crippen molar-refractivity contribution in [2.45, 2.75) is 27.4 Å². The maximum atomic E-state index is 12.3. The second-order valence-electron chi connectivity index (χ2n) is 6.26. The van der Waals surface area contributed by atoms with Crippen molar-refractivity contribution < 1.29 is 14.3 Å². The molecule has 6 heteroatoms. The van der Waals surface area contributed by atoms with Crippen molar-refractivity contribution in [2.75, 3.05) is 4.90 Å². The first kappa shape index (κ1) is 18.8. The average molecular weight is 380 g/mol. The molecule has 2 aromatic carbocycles. The predicted octanol–water partition coefficient (Wildman–Crippen LogP) is 4.80. The zero-order chi connectivity index (χ0) is 19.4. The van der Waals surface area contributed by atoms with Crippen LogP contribution < -0.4 is 4.90 Å². The lowest BCUT2D eigenvalue weighted by Crippen LogP contribution is -2.22. The summed E-state index contributed by atoms with van der Waals surface area (Å²) >= 11 is 1.34. The van der Waals surface area contributed by atoms with Crippen LogP contribution in [0.3, 0.4) is 0 Å². The van der Waals surface area contributed by atoms with Gasteiger partial charge in [-0.15, -0.1) is 11.3 Å². The van der Waals surface area contributed by atoms with Crippen LogP contribution in [-0.2, 0) is 16.1 Å². The van der Waals surface area contributed by atoms with Gasteiger partial charge in [-0.1, -0.05) is 35.4 Å². The number of benzene rings is 2. The fraction of sp³-hybridized carbons (Fsp3) is 0.190. The van der Waals surface area contributed by atoms with Gasteiger partial charge >= 0.3 is 5.97 Å². The molecule has 0 aliphatic carbocycles. The lowest BCUT2D eigenvalue weighted by atomic mass is 10.1. The summed E-state index contributed by atoms with van der Waals surface area (Å²) in [7, 11) is 0. The molecule has 3 rings (SSSR count). The highest BCUT2D eigenvalue weighted by molar-refractivity contribution is 7.14. The minimum atomic E-state index is -0.386. The molecule has 0 aliphatic rings. The van der Waals surface area contributed by atoms with E-state index < -0.39 is 0 Å². The summed E-state index contributed by atoms with van der Waals surface area (Å²) < 4.78 is 5.39. The summed E-state index contributed by atoms with van der Waals surface area (Å²) in [5.74, 6) is -0.517. The number of hydrogen-bond acceptors (Lipinski definition) is 5. The number of rotatable bonds is 5. The van der Waals surface area contributed by atoms with Crippen LogP contribution in [0.4, 0.5) is 10.8 Å². The topological polar surface area (TPSA) is 59.5 Å². The van der Waals surface area contributed by atoms with Gasteiger partial charge in [-0.2, -0.15) is 0 Å². The molecule has 0 N–H and O–H groups in total. The zero-order valence-corrected chi connectivity index (χ0v) is 16.2. The predicted molar refractivity (Wildman–Crippen MR) is 106 cm³/mol. The molecule has 0 spiro atoms. The number of thiazole rings is 1. The minimum Gasteiger partial charge on any atom is -0.456 e. The second-order valence-corrected chi connectivity index (χ2v) is 7.10. The van der Waals surface area contributed by atoms with Crippen molar-refractivity contribution in [3.8, 4) is 0 Å². The SMILES string of the molecule is CC(=O)N(c1ccccc1)c1nc(COC(=O)c2cc(C)cc(C)c2)cs1. The van der Waals surface area contributed by atoms with E-state index in [1.54, 1.807) is 22.4 Å². The molecule has 0 unspecified atom stereocenters. The van der Waals surface area contributed by atoms with Gasteiger partial charge in [0, 0.05) is 12.3 Å². The van der Waals surface area contributed by atoms with E-state index in [1.165, 1.54) is 18.3 Å². The van der Waals surface area contributed by atoms with Crippen LogP contribution in [0.2, 0.25) is 0 Å². The summed E-state index contributed by atoms with van der Waals surface area (Å²) in [5.41, 5.74) is 3.90. The van der Waals surface area contributed by atoms with Crippen molar-refractivity contribution in [1.82, 2.24) is 4.98 Å². The number of carbonyl (C=O) groups excluding carboxylic acids is 2. The molecule has 0 atom stereocenters. The van der Waals surface area contributed by atoms with Crippen molar-refractivity contribution >= 4 is 34.0 Å². The standard InChI is InChI=1S/C21H20N2O3S/c1-14-9-15(2)11-17(10-14)20(25)26-12-18-13-27-21(22-18)23(16(3)24)19-7-5-4-6-8-19/h4-11,13H,12H2,1-3H3. The monoisotopic (exact) mass is 380 g/mol. The molecule has 138 valence electrons. The largest absolute Gasteiger partial charge is 0.456 e. The first-order valence-corrected chi connectivity index (χ1v) is 9.37. The molecular formula is C21H20N2O3S. The Morgan fingerprint density at radius 2 is 1.74 bits per heavy atom. The molecular weight excluding hydrogens is 360 g/mol. The normalized spacial score (nSPS) is 10.5. The van der Waals surface area contributed by atoms with Gasteiger partial charge in [0.1, 0.15) is 6.61 Å². The Hall–Kier alpha value is -2.99. The van der Waals surface area contributed by atoms with E-state index in [0.717, 1.165) is 16.8 Å². The van der Waals surface area contributed by atoms with Crippen LogP contribution >= 0.6 is 11.3 Å². The summed E-state index contributed by atoms with van der Waals surface area (Å²) in [6.45, 7) is 5.43. The number of amides is 1. The quantitative estimate of drug-likeness (QED) is 0.597. The number of carbonyl (C=O) groups is 2. The number of hydrogen-bond donors (Lipinski definition) is 0. The van der Waals surface area contributed by atoms with Crippen molar-refractivity contribution in [1.29, 1.82) is 0 Å². The molecule has 1 amide bonds. The number of aryl methyl sites for hydroxylation is 2. The lowest BCUT2D eigenvalue weighted by Gasteiger charge is -2.17. The van der Waals surface area contributed by atoms with Crippen molar-refractivity contribution in [2.24, 2.45) is 0 Å². The van der Waals surface area contributed by atoms with Gasteiger partial charge in [-0.05, 0) is 38.1 Å². The molecule has 1 aromatic heterocycles. The van der Waals surface area contributed by atoms with Gasteiger partial charge < -0.3 is 4.74 Å². The molecule has 5 nitrogen and oxygen atoms in total. The molecule has 0 bridgehead atoms. The third-order valence-electron chi connectivity index (χ3n) is 3.87. The van der Waals surface area contributed by atoms with Crippen LogP contribution in [0.5, 0.6) is 0 Å². The maximum Gasteiger partial charge on any atom is 0.338 e. The summed E-state index contributed by atoms with van der Waals surface area (Å²) in [4.78, 5) is 30.4. The van der Waals surface area contributed by atoms with E-state index in [4.69, 9.17) is 4.74 Å². The number of esters is 1. The minimum absolute atomic E-state index is 0.0584. The van der Waals surface area contributed by atoms with Crippen molar-refractivity contribution in [3.63, 3.8) is 0 Å². The highest BCUT2D eigenvalue weighted by Gasteiger charge is 2.18. The third kappa shape index (κ3) is 4.60. The van der Waals surface area contributed by atoms with Gasteiger partial charge in [0.05, 0.1) is 16.9 Å². The second kappa shape index (κ2) is 8.14. The fourth-order valence-electron chi connectivity index (χ4n) is 2.78. The third-order valence-corrected chi connectivity index (χ3v) is 4.74. The Balaban J connectivity index is 1.72. The van der Waals surface area contributed by atoms with Gasteiger partial charge in [-0.3, -0.25) is 9.69 Å². The Labute approximate surface area is 162 Å². The number of aromatic nitrogens is 1. The first-order chi connectivity index (χ1) is 12.9. The van der Waals surface area contributed by atoms with Gasteiger partial charge in [0.15, 0.2) is 5.13 Å². The van der Waals surface area contributed by atoms with Crippen molar-refractivity contribution in [3.05, 3.63) is 76.3 Å². The molecule has 0 fully saturated rings. The Morgan fingerprint density at radius 1 is 1.07 bits per heavy atom. The molecule has 27 heavy (non-hydrogen) atoms. The van der Waals surface area contributed by atoms with E-state index in [9.17, 15) is 9.59 Å².